The SMILES string of the molecule is CN=C(NCCCN(C)Cc1ccccc1)N1CCN(Cc2ccon2)CC1.I. The molecule has 0 atom stereocenters. The van der Waals surface area contributed by atoms with Crippen LogP contribution in [0, 0.1) is 0 Å². The number of hydrogen-bond donors (Lipinski definition) is 1. The minimum absolute atomic E-state index is 0. The second-order valence-electron chi connectivity index (χ2n) is 7.30. The van der Waals surface area contributed by atoms with Crippen LogP contribution in [0.2, 0.25) is 0 Å². The number of aromatic nitrogens is 1. The first kappa shape index (κ1) is 23.6. The maximum atomic E-state index is 4.92. The Bertz CT molecular complexity index is 701. The second kappa shape index (κ2) is 12.8. The van der Waals surface area contributed by atoms with Gasteiger partial charge in [-0.25, -0.2) is 0 Å². The monoisotopic (exact) mass is 512 g/mol. The molecule has 1 aromatic heterocycles. The summed E-state index contributed by atoms with van der Waals surface area (Å²) in [6.45, 7) is 7.81. The van der Waals surface area contributed by atoms with Crippen LogP contribution in [0.1, 0.15) is 17.7 Å². The summed E-state index contributed by atoms with van der Waals surface area (Å²) in [6.07, 6.45) is 2.73. The van der Waals surface area contributed by atoms with Gasteiger partial charge in [0.2, 0.25) is 0 Å². The first-order valence-corrected chi connectivity index (χ1v) is 10.0. The largest absolute Gasteiger partial charge is 0.364 e. The molecule has 3 rings (SSSR count). The molecule has 0 aliphatic carbocycles. The van der Waals surface area contributed by atoms with Crippen LogP contribution < -0.4 is 5.32 Å². The number of benzene rings is 1. The van der Waals surface area contributed by atoms with Crippen molar-refractivity contribution >= 4 is 29.9 Å². The van der Waals surface area contributed by atoms with Crippen LogP contribution in [0.5, 0.6) is 0 Å². The molecule has 1 fully saturated rings. The molecule has 8 heteroatoms. The molecule has 1 aliphatic rings. The molecule has 1 N–H and O–H groups in total. The van der Waals surface area contributed by atoms with Crippen molar-refractivity contribution in [2.24, 2.45) is 4.99 Å². The fourth-order valence-corrected chi connectivity index (χ4v) is 3.52. The standard InChI is InChI=1S/C21H32N6O.HI/c1-22-21(23-10-6-11-25(2)17-19-7-4-3-5-8-19)27-14-12-26(13-15-27)18-20-9-16-28-24-20;/h3-5,7-9,16H,6,10-15,17-18H2,1-2H3,(H,22,23);1H. The molecule has 1 aliphatic heterocycles. The van der Waals surface area contributed by atoms with Gasteiger partial charge in [0.05, 0.1) is 5.69 Å². The number of aliphatic imine (C=N–C) groups is 1. The molecule has 0 unspecified atom stereocenters. The molecule has 1 saturated heterocycles. The van der Waals surface area contributed by atoms with Crippen LogP contribution >= 0.6 is 24.0 Å². The smallest absolute Gasteiger partial charge is 0.193 e. The molecule has 2 aromatic rings. The lowest BCUT2D eigenvalue weighted by atomic mass is 10.2. The van der Waals surface area contributed by atoms with Crippen molar-refractivity contribution in [2.75, 3.05) is 53.4 Å². The number of rotatable bonds is 8. The van der Waals surface area contributed by atoms with Gasteiger partial charge in [-0.1, -0.05) is 35.5 Å². The minimum Gasteiger partial charge on any atom is -0.364 e. The van der Waals surface area contributed by atoms with Crippen molar-refractivity contribution in [2.45, 2.75) is 19.5 Å². The number of hydrogen-bond acceptors (Lipinski definition) is 5. The lowest BCUT2D eigenvalue weighted by Crippen LogP contribution is -2.52. The van der Waals surface area contributed by atoms with E-state index in [0.29, 0.717) is 0 Å². The van der Waals surface area contributed by atoms with Gasteiger partial charge in [0.1, 0.15) is 6.26 Å². The van der Waals surface area contributed by atoms with E-state index in [1.165, 1.54) is 5.56 Å². The fourth-order valence-electron chi connectivity index (χ4n) is 3.52. The van der Waals surface area contributed by atoms with Crippen LogP contribution in [-0.2, 0) is 13.1 Å². The Kier molecular flexibility index (Phi) is 10.4. The zero-order chi connectivity index (χ0) is 19.6. The Morgan fingerprint density at radius 2 is 1.93 bits per heavy atom. The second-order valence-corrected chi connectivity index (χ2v) is 7.30. The van der Waals surface area contributed by atoms with Gasteiger partial charge in [0.25, 0.3) is 0 Å². The Hall–Kier alpha value is -1.65. The quantitative estimate of drug-likeness (QED) is 0.254. The number of nitrogens with zero attached hydrogens (tertiary/aromatic N) is 5. The first-order chi connectivity index (χ1) is 13.7. The van der Waals surface area contributed by atoms with E-state index in [9.17, 15) is 0 Å². The van der Waals surface area contributed by atoms with Gasteiger partial charge in [0, 0.05) is 58.9 Å². The average molecular weight is 512 g/mol. The van der Waals surface area contributed by atoms with Gasteiger partial charge in [-0.2, -0.15) is 0 Å². The zero-order valence-electron chi connectivity index (χ0n) is 17.5. The molecule has 0 saturated carbocycles. The predicted octanol–water partition coefficient (Wildman–Crippen LogP) is 2.51. The van der Waals surface area contributed by atoms with Crippen molar-refractivity contribution in [3.8, 4) is 0 Å². The van der Waals surface area contributed by atoms with E-state index in [4.69, 9.17) is 4.52 Å². The third-order valence-electron chi connectivity index (χ3n) is 5.06. The average Bonchev–Trinajstić information content (AvgIpc) is 3.23. The summed E-state index contributed by atoms with van der Waals surface area (Å²) in [5.41, 5.74) is 2.35. The summed E-state index contributed by atoms with van der Waals surface area (Å²) in [4.78, 5) is 11.6. The van der Waals surface area contributed by atoms with E-state index < -0.39 is 0 Å². The molecule has 160 valence electrons. The molecule has 0 amide bonds. The highest BCUT2D eigenvalue weighted by molar-refractivity contribution is 14.0. The molecule has 0 spiro atoms. The Morgan fingerprint density at radius 3 is 2.59 bits per heavy atom. The van der Waals surface area contributed by atoms with E-state index in [0.717, 1.165) is 70.4 Å². The highest BCUT2D eigenvalue weighted by Crippen LogP contribution is 2.07. The summed E-state index contributed by atoms with van der Waals surface area (Å²) < 4.78 is 4.92. The maximum Gasteiger partial charge on any atom is 0.193 e. The van der Waals surface area contributed by atoms with Crippen LogP contribution in [0.4, 0.5) is 0 Å². The summed E-state index contributed by atoms with van der Waals surface area (Å²) in [7, 11) is 4.04. The molecular weight excluding hydrogens is 479 g/mol. The zero-order valence-corrected chi connectivity index (χ0v) is 19.8. The van der Waals surface area contributed by atoms with Gasteiger partial charge in [-0.3, -0.25) is 9.89 Å². The predicted molar refractivity (Wildman–Crippen MR) is 128 cm³/mol. The topological polar surface area (TPSA) is 60.1 Å². The molecule has 2 heterocycles. The van der Waals surface area contributed by atoms with E-state index in [1.54, 1.807) is 6.26 Å². The van der Waals surface area contributed by atoms with Crippen molar-refractivity contribution < 1.29 is 4.52 Å². The minimum atomic E-state index is 0. The highest BCUT2D eigenvalue weighted by Gasteiger charge is 2.20. The Morgan fingerprint density at radius 1 is 1.17 bits per heavy atom. The van der Waals surface area contributed by atoms with Gasteiger partial charge in [0.15, 0.2) is 5.96 Å². The Balaban J connectivity index is 0.00000300. The molecule has 0 radical (unpaired) electrons. The lowest BCUT2D eigenvalue weighted by molar-refractivity contribution is 0.169. The molecular formula is C21H33IN6O. The normalized spacial score (nSPS) is 15.4. The summed E-state index contributed by atoms with van der Waals surface area (Å²) >= 11 is 0. The third-order valence-corrected chi connectivity index (χ3v) is 5.06. The van der Waals surface area contributed by atoms with Crippen molar-refractivity contribution in [3.05, 3.63) is 53.9 Å². The molecule has 1 aromatic carbocycles. The summed E-state index contributed by atoms with van der Waals surface area (Å²) in [6, 6.07) is 12.5. The van der Waals surface area contributed by atoms with Crippen molar-refractivity contribution in [3.63, 3.8) is 0 Å². The van der Waals surface area contributed by atoms with Crippen LogP contribution in [-0.4, -0.2) is 79.2 Å². The van der Waals surface area contributed by atoms with E-state index in [2.05, 4.69) is 67.5 Å². The molecule has 29 heavy (non-hydrogen) atoms. The van der Waals surface area contributed by atoms with Crippen LogP contribution in [0.25, 0.3) is 0 Å². The maximum absolute atomic E-state index is 4.92. The van der Waals surface area contributed by atoms with Gasteiger partial charge < -0.3 is 19.6 Å². The number of nitrogens with one attached hydrogen (secondary N) is 1. The number of piperazine rings is 1. The van der Waals surface area contributed by atoms with E-state index in [1.807, 2.05) is 13.1 Å². The third kappa shape index (κ3) is 7.94. The first-order valence-electron chi connectivity index (χ1n) is 10.0. The van der Waals surface area contributed by atoms with E-state index in [-0.39, 0.29) is 24.0 Å². The highest BCUT2D eigenvalue weighted by atomic mass is 127. The molecule has 7 nitrogen and oxygen atoms in total. The lowest BCUT2D eigenvalue weighted by Gasteiger charge is -2.36. The fraction of sp³-hybridized carbons (Fsp3) is 0.524. The van der Waals surface area contributed by atoms with Crippen molar-refractivity contribution in [1.82, 2.24) is 25.2 Å². The van der Waals surface area contributed by atoms with Crippen LogP contribution in [0.3, 0.4) is 0 Å². The van der Waals surface area contributed by atoms with Crippen LogP contribution in [0.15, 0.2) is 52.2 Å². The van der Waals surface area contributed by atoms with Gasteiger partial charge in [-0.05, 0) is 25.6 Å². The summed E-state index contributed by atoms with van der Waals surface area (Å²) in [5.74, 6) is 1.01. The number of guanidine groups is 1. The van der Waals surface area contributed by atoms with Gasteiger partial charge >= 0.3 is 0 Å². The van der Waals surface area contributed by atoms with E-state index >= 15 is 0 Å². The van der Waals surface area contributed by atoms with Gasteiger partial charge in [-0.15, -0.1) is 24.0 Å². The summed E-state index contributed by atoms with van der Waals surface area (Å²) in [5, 5.41) is 7.52. The van der Waals surface area contributed by atoms with Crippen molar-refractivity contribution in [1.29, 1.82) is 0 Å². The number of halogens is 1. The molecule has 0 bridgehead atoms. The Labute approximate surface area is 191 Å².